The predicted octanol–water partition coefficient (Wildman–Crippen LogP) is 2.48. The van der Waals surface area contributed by atoms with Crippen molar-refractivity contribution in [3.05, 3.63) is 59.8 Å². The topological polar surface area (TPSA) is 141 Å². The number of hydrogen-bond donors (Lipinski definition) is 4. The molecule has 0 aliphatic carbocycles. The van der Waals surface area contributed by atoms with Gasteiger partial charge in [0.05, 0.1) is 41.9 Å². The Morgan fingerprint density at radius 3 is 3.06 bits per heavy atom. The van der Waals surface area contributed by atoms with Crippen molar-refractivity contribution >= 4 is 39.0 Å². The molecule has 4 N–H and O–H groups in total. The number of H-pyrrole nitrogens is 2. The van der Waals surface area contributed by atoms with Crippen LogP contribution in [0.25, 0.3) is 22.0 Å². The molecule has 1 atom stereocenters. The first kappa shape index (κ1) is 20.6. The lowest BCUT2D eigenvalue weighted by atomic mass is 10.1. The molecule has 0 saturated carbocycles. The molecule has 0 bridgehead atoms. The third-order valence-corrected chi connectivity index (χ3v) is 6.75. The highest BCUT2D eigenvalue weighted by Gasteiger charge is 2.22. The van der Waals surface area contributed by atoms with Crippen LogP contribution in [0.15, 0.2) is 48.4 Å². The summed E-state index contributed by atoms with van der Waals surface area (Å²) in [6.07, 6.45) is 7.41. The molecule has 1 saturated heterocycles. The summed E-state index contributed by atoms with van der Waals surface area (Å²) in [5, 5.41) is 34.5. The van der Waals surface area contributed by atoms with Gasteiger partial charge in [-0.3, -0.25) is 19.7 Å². The third-order valence-electron chi connectivity index (χ3n) is 5.80. The first-order chi connectivity index (χ1) is 16.6. The first-order valence-corrected chi connectivity index (χ1v) is 11.7. The van der Waals surface area contributed by atoms with Gasteiger partial charge in [0.2, 0.25) is 0 Å². The molecule has 5 aromatic rings. The molecular formula is C22H21N9O2S. The summed E-state index contributed by atoms with van der Waals surface area (Å²) in [5.74, 6) is -0.314. The quantitative estimate of drug-likeness (QED) is 0.296. The molecule has 172 valence electrons. The van der Waals surface area contributed by atoms with E-state index in [1.165, 1.54) is 0 Å². The first-order valence-electron chi connectivity index (χ1n) is 10.8. The highest BCUT2D eigenvalue weighted by Crippen LogP contribution is 2.26. The van der Waals surface area contributed by atoms with Crippen molar-refractivity contribution in [3.63, 3.8) is 0 Å². The van der Waals surface area contributed by atoms with Gasteiger partial charge in [-0.1, -0.05) is 6.07 Å². The Balaban J connectivity index is 1.13. The van der Waals surface area contributed by atoms with E-state index in [9.17, 15) is 9.90 Å². The second kappa shape index (κ2) is 8.39. The molecule has 1 fully saturated rings. The fraction of sp³-hybridized carbons (Fsp3) is 0.227. The minimum atomic E-state index is -0.314. The Hall–Kier alpha value is -4.03. The monoisotopic (exact) mass is 475 g/mol. The number of fused-ring (bicyclic) bond motifs is 1. The molecule has 4 aromatic heterocycles. The van der Waals surface area contributed by atoms with Crippen LogP contribution in [0.2, 0.25) is 0 Å². The van der Waals surface area contributed by atoms with E-state index in [4.69, 9.17) is 0 Å². The van der Waals surface area contributed by atoms with Gasteiger partial charge in [0.25, 0.3) is 5.91 Å². The molecule has 1 aliphatic rings. The Kier molecular flexibility index (Phi) is 5.08. The van der Waals surface area contributed by atoms with Crippen LogP contribution >= 0.6 is 11.3 Å². The fourth-order valence-electron chi connectivity index (χ4n) is 4.08. The molecule has 1 amide bonds. The van der Waals surface area contributed by atoms with Gasteiger partial charge >= 0.3 is 0 Å². The number of anilines is 2. The standard InChI is InChI=1S/C22H21N9O2S/c32-17-3-4-30(11-17)22-27-16(12-34-22)10-31-9-15(8-25-31)26-21(33)20-18-2-1-13(5-19(18)28-29-20)14-6-23-24-7-14/h1-2,5-9,12,17,32H,3-4,10-11H2,(H,23,24)(H,26,33)(H,28,29). The number of nitrogens with one attached hydrogen (secondary N) is 3. The largest absolute Gasteiger partial charge is 0.391 e. The van der Waals surface area contributed by atoms with Gasteiger partial charge in [-0.2, -0.15) is 15.3 Å². The van der Waals surface area contributed by atoms with Gasteiger partial charge in [0.15, 0.2) is 10.8 Å². The van der Waals surface area contributed by atoms with Crippen molar-refractivity contribution in [1.29, 1.82) is 0 Å². The van der Waals surface area contributed by atoms with Crippen molar-refractivity contribution in [2.75, 3.05) is 23.3 Å². The molecule has 5 heterocycles. The third kappa shape index (κ3) is 3.93. The van der Waals surface area contributed by atoms with Gasteiger partial charge in [-0.05, 0) is 24.1 Å². The lowest BCUT2D eigenvalue weighted by Crippen LogP contribution is -2.20. The van der Waals surface area contributed by atoms with Gasteiger partial charge in [0.1, 0.15) is 0 Å². The van der Waals surface area contributed by atoms with E-state index < -0.39 is 0 Å². The number of β-amino-alcohol motifs (C(OH)–C–C–N with tert-alkyl or cyclic N) is 1. The molecule has 1 aromatic carbocycles. The average molecular weight is 476 g/mol. The van der Waals surface area contributed by atoms with Crippen LogP contribution in [0.1, 0.15) is 22.6 Å². The summed E-state index contributed by atoms with van der Waals surface area (Å²) >= 11 is 1.56. The highest BCUT2D eigenvalue weighted by atomic mass is 32.1. The Labute approximate surface area is 197 Å². The van der Waals surface area contributed by atoms with Crippen molar-refractivity contribution in [1.82, 2.24) is 35.2 Å². The number of carbonyl (C=O) groups is 1. The van der Waals surface area contributed by atoms with E-state index in [0.29, 0.717) is 24.5 Å². The summed E-state index contributed by atoms with van der Waals surface area (Å²) in [7, 11) is 0. The van der Waals surface area contributed by atoms with Crippen LogP contribution in [0.4, 0.5) is 10.8 Å². The van der Waals surface area contributed by atoms with E-state index in [1.54, 1.807) is 34.6 Å². The Morgan fingerprint density at radius 1 is 1.29 bits per heavy atom. The van der Waals surface area contributed by atoms with Crippen LogP contribution in [-0.2, 0) is 6.54 Å². The molecule has 11 nitrogen and oxygen atoms in total. The second-order valence-corrected chi connectivity index (χ2v) is 9.05. The average Bonchev–Trinajstić information content (AvgIpc) is 3.63. The zero-order valence-electron chi connectivity index (χ0n) is 18.0. The maximum atomic E-state index is 12.9. The Morgan fingerprint density at radius 2 is 2.24 bits per heavy atom. The van der Waals surface area contributed by atoms with Crippen molar-refractivity contribution in [2.24, 2.45) is 0 Å². The molecule has 12 heteroatoms. The maximum absolute atomic E-state index is 12.9. The smallest absolute Gasteiger partial charge is 0.276 e. The highest BCUT2D eigenvalue weighted by molar-refractivity contribution is 7.13. The van der Waals surface area contributed by atoms with Gasteiger partial charge in [-0.25, -0.2) is 4.98 Å². The van der Waals surface area contributed by atoms with E-state index in [1.807, 2.05) is 29.8 Å². The maximum Gasteiger partial charge on any atom is 0.276 e. The van der Waals surface area contributed by atoms with Crippen LogP contribution in [-0.4, -0.2) is 65.4 Å². The summed E-state index contributed by atoms with van der Waals surface area (Å²) in [6, 6.07) is 5.74. The zero-order valence-corrected chi connectivity index (χ0v) is 18.8. The number of thiazole rings is 1. The van der Waals surface area contributed by atoms with E-state index in [2.05, 4.69) is 40.7 Å². The van der Waals surface area contributed by atoms with Gasteiger partial charge in [-0.15, -0.1) is 11.3 Å². The molecule has 34 heavy (non-hydrogen) atoms. The molecule has 0 spiro atoms. The van der Waals surface area contributed by atoms with Gasteiger partial charge < -0.3 is 15.3 Å². The van der Waals surface area contributed by atoms with E-state index in [-0.39, 0.29) is 12.0 Å². The minimum Gasteiger partial charge on any atom is -0.391 e. The molecular weight excluding hydrogens is 454 g/mol. The molecule has 6 rings (SSSR count). The lowest BCUT2D eigenvalue weighted by molar-refractivity contribution is 0.102. The molecule has 1 unspecified atom stereocenters. The zero-order chi connectivity index (χ0) is 23.1. The fourth-order valence-corrected chi connectivity index (χ4v) is 4.94. The number of aromatic amines is 2. The number of aliphatic hydroxyl groups is 1. The van der Waals surface area contributed by atoms with Crippen molar-refractivity contribution in [3.8, 4) is 11.1 Å². The number of aromatic nitrogens is 7. The van der Waals surface area contributed by atoms with Crippen LogP contribution < -0.4 is 10.2 Å². The number of nitrogens with zero attached hydrogens (tertiary/aromatic N) is 6. The SMILES string of the molecule is O=C(Nc1cnn(Cc2csc(N3CCC(O)C3)n2)c1)c1n[nH]c2cc(-c3cn[nH]c3)ccc12. The second-order valence-electron chi connectivity index (χ2n) is 8.21. The molecule has 1 aliphatic heterocycles. The van der Waals surface area contributed by atoms with Crippen molar-refractivity contribution in [2.45, 2.75) is 19.1 Å². The van der Waals surface area contributed by atoms with Crippen LogP contribution in [0.3, 0.4) is 0 Å². The normalized spacial score (nSPS) is 15.9. The molecule has 0 radical (unpaired) electrons. The van der Waals surface area contributed by atoms with E-state index >= 15 is 0 Å². The van der Waals surface area contributed by atoms with Gasteiger partial charge in [0, 0.05) is 41.8 Å². The van der Waals surface area contributed by atoms with Crippen LogP contribution in [0, 0.1) is 0 Å². The summed E-state index contributed by atoms with van der Waals surface area (Å²) in [4.78, 5) is 19.6. The number of benzene rings is 1. The number of rotatable bonds is 6. The number of hydrogen-bond acceptors (Lipinski definition) is 8. The van der Waals surface area contributed by atoms with Crippen molar-refractivity contribution < 1.29 is 9.90 Å². The van der Waals surface area contributed by atoms with Crippen LogP contribution in [0.5, 0.6) is 0 Å². The van der Waals surface area contributed by atoms with E-state index in [0.717, 1.165) is 45.8 Å². The minimum absolute atomic E-state index is 0.283. The summed E-state index contributed by atoms with van der Waals surface area (Å²) in [6.45, 7) is 1.93. The predicted molar refractivity (Wildman–Crippen MR) is 128 cm³/mol. The number of amides is 1. The number of carbonyl (C=O) groups excluding carboxylic acids is 1. The Bertz CT molecular complexity index is 1450. The number of aliphatic hydroxyl groups excluding tert-OH is 1. The lowest BCUT2D eigenvalue weighted by Gasteiger charge is -2.12. The summed E-state index contributed by atoms with van der Waals surface area (Å²) < 4.78 is 1.73. The summed E-state index contributed by atoms with van der Waals surface area (Å²) in [5.41, 5.74) is 4.48.